The number of imidazole rings is 1. The molecule has 0 fully saturated rings. The zero-order chi connectivity index (χ0) is 20.8. The summed E-state index contributed by atoms with van der Waals surface area (Å²) in [6.45, 7) is 0.196. The van der Waals surface area contributed by atoms with E-state index in [9.17, 15) is 13.2 Å². The van der Waals surface area contributed by atoms with Crippen LogP contribution >= 0.6 is 23.2 Å². The van der Waals surface area contributed by atoms with Crippen LogP contribution in [0.1, 0.15) is 11.1 Å². The fourth-order valence-corrected chi connectivity index (χ4v) is 3.49. The largest absolute Gasteiger partial charge is 0.417 e. The summed E-state index contributed by atoms with van der Waals surface area (Å²) in [5, 5.41) is 0.884. The van der Waals surface area contributed by atoms with Crippen LogP contribution in [0, 0.1) is 0 Å². The van der Waals surface area contributed by atoms with Crippen molar-refractivity contribution in [3.63, 3.8) is 0 Å². The molecule has 0 aromatic heterocycles. The maximum absolute atomic E-state index is 13.4. The Labute approximate surface area is 173 Å². The second-order valence-electron chi connectivity index (χ2n) is 6.22. The molecule has 5 nitrogen and oxygen atoms in total. The Kier molecular flexibility index (Phi) is 4.84. The molecule has 0 atom stereocenters. The lowest BCUT2D eigenvalue weighted by Gasteiger charge is -2.13. The van der Waals surface area contributed by atoms with Crippen molar-refractivity contribution < 1.29 is 13.2 Å². The van der Waals surface area contributed by atoms with Crippen LogP contribution in [0.15, 0.2) is 48.8 Å². The third-order valence-electron chi connectivity index (χ3n) is 4.36. The molecule has 0 unspecified atom stereocenters. The van der Waals surface area contributed by atoms with Gasteiger partial charge in [0.25, 0.3) is 0 Å². The molecule has 0 bridgehead atoms. The van der Waals surface area contributed by atoms with Crippen molar-refractivity contribution in [2.75, 3.05) is 5.73 Å². The van der Waals surface area contributed by atoms with E-state index in [1.807, 2.05) is 0 Å². The van der Waals surface area contributed by atoms with Gasteiger partial charge in [-0.1, -0.05) is 47.5 Å². The molecule has 0 radical (unpaired) electrons. The smallest absolute Gasteiger partial charge is 0.382 e. The van der Waals surface area contributed by atoms with Gasteiger partial charge in [0.15, 0.2) is 23.2 Å². The summed E-state index contributed by atoms with van der Waals surface area (Å²) in [5.74, 6) is 0.247. The fourth-order valence-electron chi connectivity index (χ4n) is 2.97. The second kappa shape index (κ2) is 7.20. The number of hydrogen-bond donors (Lipinski definition) is 1. The molecular weight excluding hydrogens is 426 g/mol. The number of nitrogens with two attached hydrogens (primary N) is 1. The highest BCUT2D eigenvalue weighted by Gasteiger charge is 2.35. The van der Waals surface area contributed by atoms with Gasteiger partial charge in [-0.25, -0.2) is 15.0 Å². The molecular formula is C19H12Cl2F3N5. The van der Waals surface area contributed by atoms with Crippen molar-refractivity contribution in [1.29, 1.82) is 0 Å². The van der Waals surface area contributed by atoms with Gasteiger partial charge >= 0.3 is 6.18 Å². The van der Waals surface area contributed by atoms with Crippen LogP contribution in [0.2, 0.25) is 10.0 Å². The number of nitrogens with zero attached hydrogens (tertiary/aromatic N) is 4. The molecule has 0 aliphatic carbocycles. The lowest BCUT2D eigenvalue weighted by atomic mass is 10.1. The summed E-state index contributed by atoms with van der Waals surface area (Å²) in [6.07, 6.45) is -3.13. The zero-order valence-corrected chi connectivity index (χ0v) is 16.1. The summed E-state index contributed by atoms with van der Waals surface area (Å²) < 4.78 is 41.8. The van der Waals surface area contributed by atoms with Crippen LogP contribution in [-0.2, 0) is 12.7 Å². The molecule has 0 amide bonds. The molecule has 2 aliphatic rings. The van der Waals surface area contributed by atoms with Gasteiger partial charge in [0, 0.05) is 21.2 Å². The molecule has 2 heterocycles. The average molecular weight is 438 g/mol. The first-order chi connectivity index (χ1) is 13.8. The Bertz CT molecular complexity index is 1150. The minimum Gasteiger partial charge on any atom is -0.382 e. The zero-order valence-electron chi connectivity index (χ0n) is 14.6. The summed E-state index contributed by atoms with van der Waals surface area (Å²) >= 11 is 12.5. The van der Waals surface area contributed by atoms with Crippen molar-refractivity contribution in [2.45, 2.75) is 12.7 Å². The normalized spacial score (nSPS) is 11.9. The predicted molar refractivity (Wildman–Crippen MR) is 105 cm³/mol. The molecule has 4 rings (SSSR count). The molecule has 10 heteroatoms. The van der Waals surface area contributed by atoms with E-state index in [-0.39, 0.29) is 35.3 Å². The van der Waals surface area contributed by atoms with Crippen LogP contribution in [0.3, 0.4) is 0 Å². The molecule has 2 N–H and O–H groups in total. The number of fused-ring (bicyclic) bond motifs is 1. The number of aromatic nitrogens is 4. The van der Waals surface area contributed by atoms with Crippen molar-refractivity contribution in [2.24, 2.45) is 0 Å². The van der Waals surface area contributed by atoms with E-state index < -0.39 is 11.7 Å². The summed E-state index contributed by atoms with van der Waals surface area (Å²) in [6, 6.07) is 10.2. The maximum Gasteiger partial charge on any atom is 0.417 e. The van der Waals surface area contributed by atoms with Crippen molar-refractivity contribution in [3.05, 3.63) is 70.0 Å². The first-order valence-corrected chi connectivity index (χ1v) is 9.09. The maximum atomic E-state index is 13.4. The summed E-state index contributed by atoms with van der Waals surface area (Å²) in [7, 11) is 0. The molecule has 29 heavy (non-hydrogen) atoms. The lowest BCUT2D eigenvalue weighted by Crippen LogP contribution is -2.09. The van der Waals surface area contributed by atoms with Gasteiger partial charge in [0.05, 0.1) is 18.4 Å². The SMILES string of the molecule is Nc1ncn(Cc2c(Cl)cccc2Cl)c2nc(-c3ccccc3C(F)(F)F)nc1-2. The Morgan fingerprint density at radius 1 is 0.966 bits per heavy atom. The van der Waals surface area contributed by atoms with Crippen molar-refractivity contribution in [1.82, 2.24) is 19.5 Å². The van der Waals surface area contributed by atoms with Gasteiger partial charge in [-0.15, -0.1) is 0 Å². The minimum absolute atomic E-state index is 0.0599. The monoisotopic (exact) mass is 437 g/mol. The Morgan fingerprint density at radius 3 is 2.34 bits per heavy atom. The Morgan fingerprint density at radius 2 is 1.66 bits per heavy atom. The molecule has 2 aromatic rings. The molecule has 2 aliphatic heterocycles. The van der Waals surface area contributed by atoms with E-state index in [2.05, 4.69) is 15.0 Å². The molecule has 148 valence electrons. The highest BCUT2D eigenvalue weighted by atomic mass is 35.5. The summed E-state index contributed by atoms with van der Waals surface area (Å²) in [4.78, 5) is 12.6. The van der Waals surface area contributed by atoms with Gasteiger partial charge in [-0.2, -0.15) is 13.2 Å². The standard InChI is InChI=1S/C19H12Cl2F3N5/c20-13-6-3-7-14(21)11(13)8-29-9-26-16(25)15-18(29)28-17(27-15)10-4-1-2-5-12(10)19(22,23)24/h1-7,9H,8,25H2. The molecule has 2 aromatic carbocycles. The van der Waals surface area contributed by atoms with E-state index in [4.69, 9.17) is 28.9 Å². The first kappa shape index (κ1) is 19.5. The third kappa shape index (κ3) is 3.61. The quantitative estimate of drug-likeness (QED) is 0.465. The number of hydrogen-bond acceptors (Lipinski definition) is 4. The minimum atomic E-state index is -4.55. The number of nitrogen functional groups attached to an aromatic ring is 1. The van der Waals surface area contributed by atoms with Crippen LogP contribution in [0.4, 0.5) is 19.0 Å². The average Bonchev–Trinajstić information content (AvgIpc) is 3.12. The lowest BCUT2D eigenvalue weighted by molar-refractivity contribution is -0.137. The predicted octanol–water partition coefficient (Wildman–Crippen LogP) is 5.40. The number of alkyl halides is 3. The van der Waals surface area contributed by atoms with Crippen LogP contribution in [-0.4, -0.2) is 19.5 Å². The molecule has 0 saturated heterocycles. The van der Waals surface area contributed by atoms with Crippen molar-refractivity contribution in [3.8, 4) is 22.9 Å². The Balaban J connectivity index is 1.86. The number of anilines is 1. The van der Waals surface area contributed by atoms with Crippen molar-refractivity contribution >= 4 is 29.0 Å². The highest BCUT2D eigenvalue weighted by molar-refractivity contribution is 6.36. The first-order valence-electron chi connectivity index (χ1n) is 8.33. The highest BCUT2D eigenvalue weighted by Crippen LogP contribution is 2.38. The Hall–Kier alpha value is -2.84. The van der Waals surface area contributed by atoms with Crippen LogP contribution < -0.4 is 5.73 Å². The van der Waals surface area contributed by atoms with Crippen LogP contribution in [0.5, 0.6) is 0 Å². The number of rotatable bonds is 3. The van der Waals surface area contributed by atoms with E-state index in [0.717, 1.165) is 6.07 Å². The number of benzene rings is 2. The van der Waals surface area contributed by atoms with E-state index >= 15 is 0 Å². The van der Waals surface area contributed by atoms with E-state index in [1.165, 1.54) is 24.5 Å². The van der Waals surface area contributed by atoms with Crippen LogP contribution in [0.25, 0.3) is 22.9 Å². The van der Waals surface area contributed by atoms with Gasteiger partial charge in [-0.05, 0) is 18.2 Å². The third-order valence-corrected chi connectivity index (χ3v) is 5.06. The van der Waals surface area contributed by atoms with E-state index in [1.54, 1.807) is 22.8 Å². The molecule has 0 spiro atoms. The van der Waals surface area contributed by atoms with Gasteiger partial charge in [0.2, 0.25) is 0 Å². The summed E-state index contributed by atoms with van der Waals surface area (Å²) in [5.41, 5.74) is 5.74. The number of halogens is 5. The van der Waals surface area contributed by atoms with E-state index in [0.29, 0.717) is 15.6 Å². The topological polar surface area (TPSA) is 69.6 Å². The fraction of sp³-hybridized carbons (Fsp3) is 0.105. The van der Waals surface area contributed by atoms with Gasteiger partial charge in [-0.3, -0.25) is 0 Å². The molecule has 0 saturated carbocycles. The van der Waals surface area contributed by atoms with Gasteiger partial charge < -0.3 is 10.3 Å². The second-order valence-corrected chi connectivity index (χ2v) is 7.04. The van der Waals surface area contributed by atoms with Gasteiger partial charge in [0.1, 0.15) is 0 Å².